The number of hydrogen-bond donors (Lipinski definition) is 1. The Labute approximate surface area is 165 Å². The van der Waals surface area contributed by atoms with Crippen LogP contribution < -0.4 is 5.32 Å². The summed E-state index contributed by atoms with van der Waals surface area (Å²) in [4.78, 5) is 12.6. The largest absolute Gasteiger partial charge is 0.451 e. The van der Waals surface area contributed by atoms with E-state index >= 15 is 0 Å². The highest BCUT2D eigenvalue weighted by molar-refractivity contribution is 7.89. The van der Waals surface area contributed by atoms with E-state index in [2.05, 4.69) is 5.32 Å². The first-order chi connectivity index (χ1) is 13.5. The number of carbonyl (C=O) groups is 1. The summed E-state index contributed by atoms with van der Waals surface area (Å²) >= 11 is 0. The molecule has 28 heavy (non-hydrogen) atoms. The van der Waals surface area contributed by atoms with Gasteiger partial charge in [0.05, 0.1) is 11.0 Å². The van der Waals surface area contributed by atoms with Gasteiger partial charge in [-0.1, -0.05) is 12.8 Å². The first-order valence-corrected chi connectivity index (χ1v) is 11.4. The molecule has 1 atom stereocenters. The molecule has 2 aliphatic heterocycles. The molecular formula is C20H26N2O5S. The van der Waals surface area contributed by atoms with Gasteiger partial charge in [0.25, 0.3) is 5.91 Å². The molecule has 4 rings (SSSR count). The van der Waals surface area contributed by atoms with Crippen LogP contribution in [0.5, 0.6) is 0 Å². The van der Waals surface area contributed by atoms with Gasteiger partial charge in [-0.25, -0.2) is 8.42 Å². The summed E-state index contributed by atoms with van der Waals surface area (Å²) in [7, 11) is -3.53. The highest BCUT2D eigenvalue weighted by Gasteiger charge is 2.26. The number of carbonyl (C=O) groups excluding carboxylic acids is 1. The molecule has 1 unspecified atom stereocenters. The van der Waals surface area contributed by atoms with Gasteiger partial charge >= 0.3 is 0 Å². The molecule has 2 saturated heterocycles. The zero-order chi connectivity index (χ0) is 19.6. The zero-order valence-electron chi connectivity index (χ0n) is 15.9. The lowest BCUT2D eigenvalue weighted by Crippen LogP contribution is -2.31. The molecule has 0 radical (unpaired) electrons. The predicted molar refractivity (Wildman–Crippen MR) is 105 cm³/mol. The van der Waals surface area contributed by atoms with Crippen LogP contribution in [-0.2, 0) is 14.8 Å². The van der Waals surface area contributed by atoms with Crippen molar-refractivity contribution in [2.24, 2.45) is 0 Å². The summed E-state index contributed by atoms with van der Waals surface area (Å²) < 4.78 is 38.6. The standard InChI is InChI=1S/C20H26N2O5S/c23-20(21-14-16-6-5-11-26-16)19-13-15-12-17(7-8-18(15)27-19)28(24,25)22-9-3-1-2-4-10-22/h7-8,12-13,16H,1-6,9-11,14H2,(H,21,23). The second-order valence-electron chi connectivity index (χ2n) is 7.47. The van der Waals surface area contributed by atoms with Crippen LogP contribution in [0.3, 0.4) is 0 Å². The third kappa shape index (κ3) is 4.09. The highest BCUT2D eigenvalue weighted by atomic mass is 32.2. The molecule has 0 aliphatic carbocycles. The van der Waals surface area contributed by atoms with Gasteiger partial charge in [0.2, 0.25) is 10.0 Å². The molecule has 7 nitrogen and oxygen atoms in total. The lowest BCUT2D eigenvalue weighted by Gasteiger charge is -2.19. The van der Waals surface area contributed by atoms with E-state index in [1.165, 1.54) is 0 Å². The van der Waals surface area contributed by atoms with Crippen LogP contribution >= 0.6 is 0 Å². The van der Waals surface area contributed by atoms with Gasteiger partial charge in [0.1, 0.15) is 5.58 Å². The molecule has 8 heteroatoms. The number of fused-ring (bicyclic) bond motifs is 1. The number of hydrogen-bond acceptors (Lipinski definition) is 5. The highest BCUT2D eigenvalue weighted by Crippen LogP contribution is 2.26. The fourth-order valence-electron chi connectivity index (χ4n) is 3.82. The van der Waals surface area contributed by atoms with Crippen molar-refractivity contribution in [2.75, 3.05) is 26.2 Å². The summed E-state index contributed by atoms with van der Waals surface area (Å²) in [6.45, 7) is 2.30. The smallest absolute Gasteiger partial charge is 0.287 e. The van der Waals surface area contributed by atoms with Crippen molar-refractivity contribution in [3.63, 3.8) is 0 Å². The fourth-order valence-corrected chi connectivity index (χ4v) is 5.38. The summed E-state index contributed by atoms with van der Waals surface area (Å²) in [5.41, 5.74) is 0.497. The second kappa shape index (κ2) is 8.23. The molecule has 0 saturated carbocycles. The number of ether oxygens (including phenoxy) is 1. The van der Waals surface area contributed by atoms with Crippen LogP contribution in [0, 0.1) is 0 Å². The fraction of sp³-hybridized carbons (Fsp3) is 0.550. The van der Waals surface area contributed by atoms with E-state index in [4.69, 9.17) is 9.15 Å². The lowest BCUT2D eigenvalue weighted by atomic mass is 10.2. The molecule has 152 valence electrons. The molecule has 3 heterocycles. The molecule has 0 bridgehead atoms. The average Bonchev–Trinajstić information content (AvgIpc) is 3.28. The number of amides is 1. The maximum Gasteiger partial charge on any atom is 0.287 e. The van der Waals surface area contributed by atoms with Crippen LogP contribution in [0.4, 0.5) is 0 Å². The minimum atomic E-state index is -3.53. The minimum Gasteiger partial charge on any atom is -0.451 e. The SMILES string of the molecule is O=C(NCC1CCCO1)c1cc2cc(S(=O)(=O)N3CCCCCC3)ccc2o1. The van der Waals surface area contributed by atoms with Gasteiger partial charge in [0.15, 0.2) is 5.76 Å². The van der Waals surface area contributed by atoms with E-state index in [-0.39, 0.29) is 22.7 Å². The monoisotopic (exact) mass is 406 g/mol. The molecule has 0 spiro atoms. The Kier molecular flexibility index (Phi) is 5.70. The first-order valence-electron chi connectivity index (χ1n) is 9.97. The topological polar surface area (TPSA) is 88.8 Å². The van der Waals surface area contributed by atoms with Gasteiger partial charge in [-0.2, -0.15) is 4.31 Å². The predicted octanol–water partition coefficient (Wildman–Crippen LogP) is 2.91. The Balaban J connectivity index is 1.51. The third-order valence-corrected chi connectivity index (χ3v) is 7.32. The van der Waals surface area contributed by atoms with Gasteiger partial charge in [-0.05, 0) is 49.9 Å². The number of nitrogens with zero attached hydrogens (tertiary/aromatic N) is 1. The van der Waals surface area contributed by atoms with E-state index in [1.54, 1.807) is 28.6 Å². The quantitative estimate of drug-likeness (QED) is 0.825. The van der Waals surface area contributed by atoms with Gasteiger partial charge < -0.3 is 14.5 Å². The zero-order valence-corrected chi connectivity index (χ0v) is 16.7. The van der Waals surface area contributed by atoms with Crippen molar-refractivity contribution >= 4 is 26.9 Å². The van der Waals surface area contributed by atoms with Gasteiger partial charge in [-0.15, -0.1) is 0 Å². The third-order valence-electron chi connectivity index (χ3n) is 5.43. The van der Waals surface area contributed by atoms with E-state index < -0.39 is 10.0 Å². The molecule has 1 amide bonds. The van der Waals surface area contributed by atoms with Crippen molar-refractivity contribution in [1.82, 2.24) is 9.62 Å². The number of furan rings is 1. The van der Waals surface area contributed by atoms with Crippen molar-refractivity contribution < 1.29 is 22.4 Å². The van der Waals surface area contributed by atoms with Crippen LogP contribution in [0.25, 0.3) is 11.0 Å². The maximum atomic E-state index is 13.0. The van der Waals surface area contributed by atoms with Gasteiger partial charge in [0, 0.05) is 31.6 Å². The van der Waals surface area contributed by atoms with E-state index in [1.807, 2.05) is 0 Å². The second-order valence-corrected chi connectivity index (χ2v) is 9.41. The summed E-state index contributed by atoms with van der Waals surface area (Å²) in [6.07, 6.45) is 5.93. The Hall–Kier alpha value is -1.90. The van der Waals surface area contributed by atoms with Crippen molar-refractivity contribution in [3.05, 3.63) is 30.0 Å². The molecule has 1 aromatic heterocycles. The number of nitrogens with one attached hydrogen (secondary N) is 1. The van der Waals surface area contributed by atoms with Crippen LogP contribution in [0.2, 0.25) is 0 Å². The number of rotatable bonds is 5. The Morgan fingerprint density at radius 2 is 1.89 bits per heavy atom. The summed E-state index contributed by atoms with van der Waals surface area (Å²) in [5, 5.41) is 3.43. The Morgan fingerprint density at radius 1 is 1.11 bits per heavy atom. The van der Waals surface area contributed by atoms with Crippen LogP contribution in [0.15, 0.2) is 33.6 Å². The van der Waals surface area contributed by atoms with Gasteiger partial charge in [-0.3, -0.25) is 4.79 Å². The number of sulfonamides is 1. The molecule has 1 aromatic carbocycles. The lowest BCUT2D eigenvalue weighted by molar-refractivity contribution is 0.0837. The summed E-state index contributed by atoms with van der Waals surface area (Å²) in [5.74, 6) is -0.138. The minimum absolute atomic E-state index is 0.0544. The molecule has 2 aromatic rings. The van der Waals surface area contributed by atoms with Crippen LogP contribution in [0.1, 0.15) is 49.1 Å². The number of benzene rings is 1. The Morgan fingerprint density at radius 3 is 2.61 bits per heavy atom. The molecule has 2 fully saturated rings. The van der Waals surface area contributed by atoms with E-state index in [0.717, 1.165) is 45.1 Å². The Bertz CT molecular complexity index is 939. The van der Waals surface area contributed by atoms with Crippen molar-refractivity contribution in [1.29, 1.82) is 0 Å². The van der Waals surface area contributed by atoms with Crippen LogP contribution in [-0.4, -0.2) is 51.0 Å². The molecule has 1 N–H and O–H groups in total. The van der Waals surface area contributed by atoms with E-state index in [0.29, 0.717) is 30.6 Å². The first kappa shape index (κ1) is 19.4. The average molecular weight is 407 g/mol. The normalized spacial score (nSPS) is 21.6. The van der Waals surface area contributed by atoms with Crippen molar-refractivity contribution in [3.8, 4) is 0 Å². The maximum absolute atomic E-state index is 13.0. The van der Waals surface area contributed by atoms with E-state index in [9.17, 15) is 13.2 Å². The summed E-state index contributed by atoms with van der Waals surface area (Å²) in [6, 6.07) is 6.37. The molecule has 2 aliphatic rings. The molecular weight excluding hydrogens is 380 g/mol. The van der Waals surface area contributed by atoms with Crippen molar-refractivity contribution in [2.45, 2.75) is 49.5 Å².